The summed E-state index contributed by atoms with van der Waals surface area (Å²) in [4.78, 5) is 23.2. The highest BCUT2D eigenvalue weighted by atomic mass is 79.9. The smallest absolute Gasteiger partial charge is 0.306 e. The van der Waals surface area contributed by atoms with Crippen molar-refractivity contribution in [1.29, 1.82) is 5.26 Å². The van der Waals surface area contributed by atoms with E-state index in [4.69, 9.17) is 10.00 Å². The molecular formula is C15H16BrNO3. The Balaban J connectivity index is 2.22. The predicted molar refractivity (Wildman–Crippen MR) is 78.1 cm³/mol. The summed E-state index contributed by atoms with van der Waals surface area (Å²) in [6.07, 6.45) is 3.11. The number of unbranched alkanes of at least 4 members (excludes halogenated alkanes) is 3. The minimum absolute atomic E-state index is 0.213. The maximum Gasteiger partial charge on any atom is 0.306 e. The number of carbonyl (C=O) groups excluding carboxylic acids is 2. The van der Waals surface area contributed by atoms with Gasteiger partial charge in [-0.25, -0.2) is 0 Å². The van der Waals surface area contributed by atoms with Crippen LogP contribution in [0.1, 0.15) is 42.5 Å². The van der Waals surface area contributed by atoms with Crippen LogP contribution >= 0.6 is 15.9 Å². The highest BCUT2D eigenvalue weighted by Crippen LogP contribution is 2.11. The first-order valence-corrected chi connectivity index (χ1v) is 7.24. The van der Waals surface area contributed by atoms with E-state index in [0.717, 1.165) is 17.3 Å². The lowest BCUT2D eigenvalue weighted by atomic mass is 10.1. The number of hydrogen-bond donors (Lipinski definition) is 0. The second kappa shape index (κ2) is 9.27. The average Bonchev–Trinajstić information content (AvgIpc) is 2.45. The second-order valence-corrected chi connectivity index (χ2v) is 5.23. The number of halogens is 1. The molecule has 1 rings (SSSR count). The fourth-order valence-corrected chi connectivity index (χ4v) is 1.85. The van der Waals surface area contributed by atoms with Gasteiger partial charge < -0.3 is 4.74 Å². The standard InChI is InChI=1S/C15H16BrNO3/c16-13-8-6-12(7-9-13)14(18)11-20-15(19)5-3-1-2-4-10-17/h6-9H,1-5,11H2. The van der Waals surface area contributed by atoms with E-state index in [9.17, 15) is 9.59 Å². The molecule has 5 heteroatoms. The van der Waals surface area contributed by atoms with Crippen molar-refractivity contribution in [3.8, 4) is 6.07 Å². The lowest BCUT2D eigenvalue weighted by Crippen LogP contribution is -2.13. The first-order valence-electron chi connectivity index (χ1n) is 6.45. The molecule has 0 aliphatic carbocycles. The number of ketones is 1. The van der Waals surface area contributed by atoms with Gasteiger partial charge in [-0.2, -0.15) is 5.26 Å². The molecule has 0 aliphatic heterocycles. The van der Waals surface area contributed by atoms with Crippen molar-refractivity contribution in [3.05, 3.63) is 34.3 Å². The molecule has 20 heavy (non-hydrogen) atoms. The van der Waals surface area contributed by atoms with Gasteiger partial charge in [-0.1, -0.05) is 34.5 Å². The van der Waals surface area contributed by atoms with Crippen LogP contribution in [-0.2, 0) is 9.53 Å². The van der Waals surface area contributed by atoms with E-state index in [0.29, 0.717) is 24.8 Å². The van der Waals surface area contributed by atoms with E-state index in [2.05, 4.69) is 22.0 Å². The fraction of sp³-hybridized carbons (Fsp3) is 0.400. The number of nitrogens with zero attached hydrogens (tertiary/aromatic N) is 1. The van der Waals surface area contributed by atoms with Gasteiger partial charge in [-0.3, -0.25) is 9.59 Å². The Hall–Kier alpha value is -1.67. The van der Waals surface area contributed by atoms with Gasteiger partial charge >= 0.3 is 5.97 Å². The van der Waals surface area contributed by atoms with Gasteiger partial charge in [0, 0.05) is 22.9 Å². The zero-order valence-electron chi connectivity index (χ0n) is 11.1. The number of esters is 1. The van der Waals surface area contributed by atoms with Gasteiger partial charge in [0.1, 0.15) is 0 Å². The molecule has 1 aromatic carbocycles. The Morgan fingerprint density at radius 2 is 1.85 bits per heavy atom. The Kier molecular flexibility index (Phi) is 7.59. The summed E-state index contributed by atoms with van der Waals surface area (Å²) in [7, 11) is 0. The van der Waals surface area contributed by atoms with E-state index in [-0.39, 0.29) is 18.4 Å². The van der Waals surface area contributed by atoms with Crippen LogP contribution in [0, 0.1) is 11.3 Å². The topological polar surface area (TPSA) is 67.2 Å². The summed E-state index contributed by atoms with van der Waals surface area (Å²) in [6.45, 7) is -0.224. The summed E-state index contributed by atoms with van der Waals surface area (Å²) in [5.41, 5.74) is 0.523. The van der Waals surface area contributed by atoms with Crippen molar-refractivity contribution in [2.24, 2.45) is 0 Å². The number of nitriles is 1. The van der Waals surface area contributed by atoms with Crippen molar-refractivity contribution in [3.63, 3.8) is 0 Å². The summed E-state index contributed by atoms with van der Waals surface area (Å²) in [5, 5.41) is 8.36. The average molecular weight is 338 g/mol. The van der Waals surface area contributed by atoms with Crippen molar-refractivity contribution >= 4 is 27.7 Å². The molecule has 0 spiro atoms. The minimum Gasteiger partial charge on any atom is -0.457 e. The zero-order chi connectivity index (χ0) is 14.8. The molecule has 0 N–H and O–H groups in total. The van der Waals surface area contributed by atoms with Crippen LogP contribution in [-0.4, -0.2) is 18.4 Å². The molecule has 0 aliphatic rings. The molecule has 0 radical (unpaired) electrons. The van der Waals surface area contributed by atoms with Crippen molar-refractivity contribution in [2.45, 2.75) is 32.1 Å². The first-order chi connectivity index (χ1) is 9.63. The van der Waals surface area contributed by atoms with Crippen LogP contribution in [0.15, 0.2) is 28.7 Å². The summed E-state index contributed by atoms with van der Waals surface area (Å²) in [6, 6.07) is 8.96. The van der Waals surface area contributed by atoms with Crippen molar-refractivity contribution in [1.82, 2.24) is 0 Å². The van der Waals surface area contributed by atoms with Crippen LogP contribution in [0.2, 0.25) is 0 Å². The summed E-state index contributed by atoms with van der Waals surface area (Å²) < 4.78 is 5.82. The molecule has 0 amide bonds. The van der Waals surface area contributed by atoms with E-state index >= 15 is 0 Å². The van der Waals surface area contributed by atoms with Gasteiger partial charge in [0.15, 0.2) is 12.4 Å². The van der Waals surface area contributed by atoms with Gasteiger partial charge in [0.05, 0.1) is 6.07 Å². The molecule has 0 saturated heterocycles. The number of benzene rings is 1. The molecule has 106 valence electrons. The minimum atomic E-state index is -0.368. The third-order valence-electron chi connectivity index (χ3n) is 2.70. The fourth-order valence-electron chi connectivity index (χ4n) is 1.59. The number of rotatable bonds is 8. The Labute approximate surface area is 126 Å². The third kappa shape index (κ3) is 6.48. The van der Waals surface area contributed by atoms with Gasteiger partial charge in [0.25, 0.3) is 0 Å². The Morgan fingerprint density at radius 1 is 1.15 bits per heavy atom. The molecule has 0 saturated carbocycles. The lowest BCUT2D eigenvalue weighted by Gasteiger charge is -2.04. The molecule has 0 fully saturated rings. The Bertz CT molecular complexity index is 491. The molecule has 0 bridgehead atoms. The first kappa shape index (κ1) is 16.4. The molecule has 0 heterocycles. The summed E-state index contributed by atoms with van der Waals surface area (Å²) >= 11 is 3.29. The number of hydrogen-bond acceptors (Lipinski definition) is 4. The maximum absolute atomic E-state index is 11.7. The largest absolute Gasteiger partial charge is 0.457 e. The zero-order valence-corrected chi connectivity index (χ0v) is 12.7. The van der Waals surface area contributed by atoms with Crippen LogP contribution in [0.25, 0.3) is 0 Å². The predicted octanol–water partition coefficient (Wildman–Crippen LogP) is 3.65. The van der Waals surface area contributed by atoms with Gasteiger partial charge in [-0.05, 0) is 25.0 Å². The summed E-state index contributed by atoms with van der Waals surface area (Å²) in [5.74, 6) is -0.581. The number of Topliss-reactive ketones (excluding diaryl/α,β-unsaturated/α-hetero) is 1. The molecule has 1 aromatic rings. The lowest BCUT2D eigenvalue weighted by molar-refractivity contribution is -0.142. The SMILES string of the molecule is N#CCCCCCC(=O)OCC(=O)c1ccc(Br)cc1. The van der Waals surface area contributed by atoms with E-state index in [1.165, 1.54) is 0 Å². The highest BCUT2D eigenvalue weighted by molar-refractivity contribution is 9.10. The molecular weight excluding hydrogens is 322 g/mol. The van der Waals surface area contributed by atoms with Crippen molar-refractivity contribution < 1.29 is 14.3 Å². The van der Waals surface area contributed by atoms with Crippen molar-refractivity contribution in [2.75, 3.05) is 6.61 Å². The molecule has 0 atom stereocenters. The van der Waals surface area contributed by atoms with Crippen LogP contribution in [0.4, 0.5) is 0 Å². The van der Waals surface area contributed by atoms with Gasteiger partial charge in [-0.15, -0.1) is 0 Å². The van der Waals surface area contributed by atoms with Crippen LogP contribution in [0.5, 0.6) is 0 Å². The third-order valence-corrected chi connectivity index (χ3v) is 3.23. The molecule has 0 unspecified atom stereocenters. The maximum atomic E-state index is 11.7. The monoisotopic (exact) mass is 337 g/mol. The van der Waals surface area contributed by atoms with Crippen LogP contribution in [0.3, 0.4) is 0 Å². The van der Waals surface area contributed by atoms with E-state index in [1.807, 2.05) is 0 Å². The molecule has 4 nitrogen and oxygen atoms in total. The highest BCUT2D eigenvalue weighted by Gasteiger charge is 2.09. The van der Waals surface area contributed by atoms with Crippen LogP contribution < -0.4 is 0 Å². The number of ether oxygens (including phenoxy) is 1. The second-order valence-electron chi connectivity index (χ2n) is 4.31. The van der Waals surface area contributed by atoms with E-state index < -0.39 is 0 Å². The van der Waals surface area contributed by atoms with Gasteiger partial charge in [0.2, 0.25) is 0 Å². The number of carbonyl (C=O) groups is 2. The normalized spacial score (nSPS) is 9.80. The molecule has 0 aromatic heterocycles. The van der Waals surface area contributed by atoms with E-state index in [1.54, 1.807) is 24.3 Å². The quantitative estimate of drug-likeness (QED) is 0.412. The Morgan fingerprint density at radius 3 is 2.50 bits per heavy atom.